The van der Waals surface area contributed by atoms with E-state index in [1.807, 2.05) is 106 Å². The zero-order valence-corrected chi connectivity index (χ0v) is 61.2. The number of aliphatic hydroxyl groups excluding tert-OH is 1. The standard InChI is InChI=1S/C74H99N11O16S2/c1-48(2)68(82-67(90)36-42-84-40-34-51(35-41-84)101-61-25-17-16-23-50(61)43-49-21-11-8-12-22-49)72(94)81-58(47-86)71(93)80-57(46-64(75)87)70(92)78-38-33-66(89)79-56(69(76)91)24-18-19-37-77-65(88)28-15-10-20-39-85-60-32-30-53(103(98,99)100)45-55(60)74(5,6)63(85)27-14-9-13-26-62-73(3,4)54-44-52(102(95,96)97)29-31-59(54)83(62)7/h8-9,11-14,16-17,21-23,25-27,29-32,44-45,48,51,56-58,68,86H,10,15,18-20,24,28,33-43,46-47H2,1-7H3,(H11-,75,76,77,78,79,80,81,82,87,88,89,90,91,92,93,94,95,96,97,98,99,100)/t56-,57-,58-,68-/m0/s1. The molecule has 3 heterocycles. The van der Waals surface area contributed by atoms with Crippen LogP contribution < -0.4 is 53.0 Å². The third kappa shape index (κ3) is 22.9. The Morgan fingerprint density at radius 1 is 0.680 bits per heavy atom. The summed E-state index contributed by atoms with van der Waals surface area (Å²) in [7, 11) is -7.29. The molecule has 27 nitrogen and oxygen atoms in total. The Bertz CT molecular complexity index is 4090. The van der Waals surface area contributed by atoms with Crippen molar-refractivity contribution in [2.24, 2.45) is 17.4 Å². The van der Waals surface area contributed by atoms with E-state index in [1.165, 1.54) is 29.8 Å². The maximum absolute atomic E-state index is 13.6. The maximum atomic E-state index is 13.6. The van der Waals surface area contributed by atoms with E-state index in [4.69, 9.17) is 16.2 Å². The number of aliphatic hydroxyl groups is 1. The molecule has 8 amide bonds. The molecule has 1 saturated heterocycles. The van der Waals surface area contributed by atoms with E-state index >= 15 is 0 Å². The number of carbonyl (C=O) groups is 8. The zero-order chi connectivity index (χ0) is 75.4. The lowest BCUT2D eigenvalue weighted by Crippen LogP contribution is -2.59. The summed E-state index contributed by atoms with van der Waals surface area (Å²) in [4.78, 5) is 108. The van der Waals surface area contributed by atoms with Crippen molar-refractivity contribution in [3.63, 3.8) is 0 Å². The van der Waals surface area contributed by atoms with E-state index < -0.39 is 116 Å². The number of rotatable bonds is 38. The summed E-state index contributed by atoms with van der Waals surface area (Å²) in [6, 6.07) is 21.6. The minimum absolute atomic E-state index is 0.00638. The highest BCUT2D eigenvalue weighted by Crippen LogP contribution is 2.49. The smallest absolute Gasteiger partial charge is 0.294 e. The van der Waals surface area contributed by atoms with Crippen molar-refractivity contribution in [1.29, 1.82) is 0 Å². The molecule has 0 aliphatic carbocycles. The van der Waals surface area contributed by atoms with Gasteiger partial charge in [0, 0.05) is 99.5 Å². The maximum Gasteiger partial charge on any atom is 0.294 e. The SMILES string of the molecule is CC(C)[C@H](NC(=O)CCN1CCC(Oc2ccccc2Cc2ccccc2)CC1)C(=O)N[C@@H](CO)C(=O)N[C@@H](CC(N)=O)C(=O)NCCC(=O)N[C@@H](CCCCNC(=O)CCCCCN1C(=CC=CC=CC2=[N+](C)c3ccc(S(=O)(=O)[O-])cc3C2(C)C)C(C)(C)c2cc(S(=O)(=O)O)ccc21)C(N)=O. The number of hydrogen-bond donors (Lipinski definition) is 10. The average molecular weight is 1460 g/mol. The minimum atomic E-state index is -4.66. The highest BCUT2D eigenvalue weighted by molar-refractivity contribution is 7.86. The largest absolute Gasteiger partial charge is 0.744 e. The number of piperidine rings is 1. The van der Waals surface area contributed by atoms with E-state index in [2.05, 4.69) is 59.9 Å². The fraction of sp³-hybridized carbons (Fsp3) is 0.473. The van der Waals surface area contributed by atoms with Crippen LogP contribution >= 0.6 is 0 Å². The molecule has 0 unspecified atom stereocenters. The van der Waals surface area contributed by atoms with Crippen molar-refractivity contribution >= 4 is 84.6 Å². The average Bonchev–Trinajstić information content (AvgIpc) is 1.59. The predicted molar refractivity (Wildman–Crippen MR) is 387 cm³/mol. The van der Waals surface area contributed by atoms with Crippen LogP contribution in [-0.4, -0.2) is 177 Å². The second-order valence-corrected chi connectivity index (χ2v) is 30.4. The number of allylic oxidation sites excluding steroid dienone is 6. The molecule has 4 aromatic carbocycles. The summed E-state index contributed by atoms with van der Waals surface area (Å²) in [5, 5.41) is 25.6. The topological polar surface area (TPSA) is 411 Å². The van der Waals surface area contributed by atoms with E-state index in [9.17, 15) is 69.4 Å². The zero-order valence-electron chi connectivity index (χ0n) is 59.6. The number of anilines is 1. The number of unbranched alkanes of at least 4 members (excludes halogenated alkanes) is 3. The Morgan fingerprint density at radius 3 is 2.02 bits per heavy atom. The number of carbonyl (C=O) groups excluding carboxylic acids is 8. The van der Waals surface area contributed by atoms with Gasteiger partial charge in [0.25, 0.3) is 10.1 Å². The van der Waals surface area contributed by atoms with E-state index in [0.29, 0.717) is 69.4 Å². The molecule has 12 N–H and O–H groups in total. The second kappa shape index (κ2) is 36.8. The van der Waals surface area contributed by atoms with Crippen LogP contribution in [0.15, 0.2) is 137 Å². The fourth-order valence-electron chi connectivity index (χ4n) is 13.1. The van der Waals surface area contributed by atoms with Gasteiger partial charge in [-0.2, -0.15) is 13.0 Å². The molecule has 3 aliphatic heterocycles. The van der Waals surface area contributed by atoms with Crippen LogP contribution in [0.25, 0.3) is 0 Å². The number of fused-ring (bicyclic) bond motifs is 2. The molecule has 1 fully saturated rings. The highest BCUT2D eigenvalue weighted by atomic mass is 32.2. The normalized spacial score (nSPS) is 16.8. The minimum Gasteiger partial charge on any atom is -0.744 e. The Hall–Kier alpha value is -9.13. The summed E-state index contributed by atoms with van der Waals surface area (Å²) in [5.74, 6) is -5.37. The van der Waals surface area contributed by atoms with Crippen molar-refractivity contribution in [1.82, 2.24) is 36.8 Å². The van der Waals surface area contributed by atoms with Gasteiger partial charge in [-0.25, -0.2) is 8.42 Å². The Kier molecular flexibility index (Phi) is 29.0. The van der Waals surface area contributed by atoms with Gasteiger partial charge < -0.3 is 67.6 Å². The monoisotopic (exact) mass is 1460 g/mol. The number of benzene rings is 4. The van der Waals surface area contributed by atoms with Gasteiger partial charge in [0.2, 0.25) is 52.9 Å². The van der Waals surface area contributed by atoms with E-state index in [-0.39, 0.29) is 60.6 Å². The molecule has 558 valence electrons. The van der Waals surface area contributed by atoms with Gasteiger partial charge in [0.05, 0.1) is 28.2 Å². The molecule has 0 aromatic heterocycles. The summed E-state index contributed by atoms with van der Waals surface area (Å²) in [6.45, 7) is 12.6. The van der Waals surface area contributed by atoms with Crippen LogP contribution in [0.4, 0.5) is 11.4 Å². The lowest BCUT2D eigenvalue weighted by Gasteiger charge is -2.32. The predicted octanol–water partition coefficient (Wildman–Crippen LogP) is 4.46. The van der Waals surface area contributed by atoms with Crippen molar-refractivity contribution in [2.45, 2.75) is 176 Å². The van der Waals surface area contributed by atoms with Gasteiger partial charge in [-0.3, -0.25) is 42.9 Å². The third-order valence-corrected chi connectivity index (χ3v) is 20.5. The van der Waals surface area contributed by atoms with E-state index in [1.54, 1.807) is 26.0 Å². The number of ether oxygens (including phenoxy) is 1. The molecule has 29 heteroatoms. The molecule has 4 aromatic rings. The third-order valence-electron chi connectivity index (χ3n) is 18.9. The van der Waals surface area contributed by atoms with Crippen molar-refractivity contribution < 1.29 is 78.7 Å². The fourth-order valence-corrected chi connectivity index (χ4v) is 14.1. The molecule has 0 spiro atoms. The summed E-state index contributed by atoms with van der Waals surface area (Å²) >= 11 is 0. The number of nitrogens with two attached hydrogens (primary N) is 2. The number of para-hydroxylation sites is 1. The van der Waals surface area contributed by atoms with Crippen LogP contribution in [0.1, 0.15) is 141 Å². The van der Waals surface area contributed by atoms with Gasteiger partial charge in [-0.1, -0.05) is 101 Å². The quantitative estimate of drug-likeness (QED) is 0.0128. The molecule has 0 bridgehead atoms. The number of hydrogen-bond acceptors (Lipinski definition) is 17. The summed E-state index contributed by atoms with van der Waals surface area (Å²) in [5.41, 5.74) is 16.7. The molecular weight excluding hydrogens is 1360 g/mol. The molecular formula is C74H99N11O16S2. The number of likely N-dealkylation sites (tertiary alicyclic amines) is 1. The first kappa shape index (κ1) is 81.2. The molecule has 0 radical (unpaired) electrons. The van der Waals surface area contributed by atoms with E-state index in [0.717, 1.165) is 53.4 Å². The first-order valence-corrected chi connectivity index (χ1v) is 37.6. The van der Waals surface area contributed by atoms with Gasteiger partial charge in [-0.15, -0.1) is 0 Å². The van der Waals surface area contributed by atoms with Crippen molar-refractivity contribution in [3.05, 3.63) is 149 Å². The first-order valence-electron chi connectivity index (χ1n) is 34.8. The van der Waals surface area contributed by atoms with Crippen molar-refractivity contribution in [2.75, 3.05) is 57.8 Å². The Labute approximate surface area is 603 Å². The summed E-state index contributed by atoms with van der Waals surface area (Å²) < 4.78 is 78.2. The lowest BCUT2D eigenvalue weighted by atomic mass is 9.81. The van der Waals surface area contributed by atoms with Crippen LogP contribution in [0.5, 0.6) is 5.75 Å². The van der Waals surface area contributed by atoms with Crippen LogP contribution in [0.2, 0.25) is 0 Å². The van der Waals surface area contributed by atoms with Crippen molar-refractivity contribution in [3.8, 4) is 5.75 Å². The van der Waals surface area contributed by atoms with Crippen LogP contribution in [-0.2, 0) is 75.8 Å². The Morgan fingerprint density at radius 2 is 1.35 bits per heavy atom. The Balaban J connectivity index is 0.792. The lowest BCUT2D eigenvalue weighted by molar-refractivity contribution is -0.401. The summed E-state index contributed by atoms with van der Waals surface area (Å²) in [6.07, 6.45) is 13.8. The molecule has 103 heavy (non-hydrogen) atoms. The van der Waals surface area contributed by atoms with Gasteiger partial charge in [0.15, 0.2) is 5.71 Å². The first-order chi connectivity index (χ1) is 48.7. The molecule has 7 rings (SSSR count). The number of amides is 8. The second-order valence-electron chi connectivity index (χ2n) is 27.6. The molecule has 3 aliphatic rings. The highest BCUT2D eigenvalue weighted by Gasteiger charge is 2.44. The van der Waals surface area contributed by atoms with Gasteiger partial charge in [-0.05, 0) is 124 Å². The van der Waals surface area contributed by atoms with Crippen LogP contribution in [0, 0.1) is 5.92 Å². The molecule has 4 atom stereocenters. The number of nitrogens with one attached hydrogen (secondary N) is 6. The number of primary amides is 2. The van der Waals surface area contributed by atoms with Gasteiger partial charge in [0.1, 0.15) is 53.2 Å². The number of nitrogens with zero attached hydrogens (tertiary/aromatic N) is 3. The van der Waals surface area contributed by atoms with Gasteiger partial charge >= 0.3 is 0 Å². The molecule has 0 saturated carbocycles. The van der Waals surface area contributed by atoms with Crippen LogP contribution in [0.3, 0.4) is 0 Å².